The Balaban J connectivity index is 1.37. The summed E-state index contributed by atoms with van der Waals surface area (Å²) in [6.07, 6.45) is 7.71. The normalized spacial score (nSPS) is 19.8. The van der Waals surface area contributed by atoms with Crippen molar-refractivity contribution in [2.24, 2.45) is 11.8 Å². The Morgan fingerprint density at radius 2 is 2.00 bits per heavy atom. The molecule has 17 heavy (non-hydrogen) atoms. The molecule has 3 heteroatoms. The van der Waals surface area contributed by atoms with Crippen LogP contribution in [0.2, 0.25) is 0 Å². The smallest absolute Gasteiger partial charge is 0.0960 e. The van der Waals surface area contributed by atoms with E-state index in [0.29, 0.717) is 0 Å². The molecule has 2 nitrogen and oxygen atoms in total. The summed E-state index contributed by atoms with van der Waals surface area (Å²) in [7, 11) is 0. The van der Waals surface area contributed by atoms with Crippen LogP contribution in [0.25, 0.3) is 0 Å². The van der Waals surface area contributed by atoms with E-state index in [4.69, 9.17) is 0 Å². The van der Waals surface area contributed by atoms with Gasteiger partial charge in [-0.2, -0.15) is 0 Å². The Kier molecular flexibility index (Phi) is 3.67. The molecular formula is C14H20N2S. The standard InChI is InChI=1S/C14H20N2S/c1-2-8-15-13(3-1)17-10-9-16-14(11-4-5-11)12-6-7-12/h1-3,8,11-12,14,16H,4-7,9-10H2. The highest BCUT2D eigenvalue weighted by Crippen LogP contribution is 2.44. The maximum absolute atomic E-state index is 4.33. The van der Waals surface area contributed by atoms with Gasteiger partial charge in [0.2, 0.25) is 0 Å². The lowest BCUT2D eigenvalue weighted by Gasteiger charge is -2.17. The lowest BCUT2D eigenvalue weighted by Crippen LogP contribution is -2.34. The van der Waals surface area contributed by atoms with Gasteiger partial charge in [0.1, 0.15) is 0 Å². The largest absolute Gasteiger partial charge is 0.313 e. The maximum Gasteiger partial charge on any atom is 0.0960 e. The van der Waals surface area contributed by atoms with Gasteiger partial charge in [0.05, 0.1) is 5.03 Å². The van der Waals surface area contributed by atoms with Gasteiger partial charge in [-0.05, 0) is 49.7 Å². The van der Waals surface area contributed by atoms with Gasteiger partial charge < -0.3 is 5.32 Å². The minimum Gasteiger partial charge on any atom is -0.313 e. The van der Waals surface area contributed by atoms with Crippen LogP contribution in [-0.2, 0) is 0 Å². The molecule has 2 aliphatic carbocycles. The molecule has 2 saturated carbocycles. The van der Waals surface area contributed by atoms with Gasteiger partial charge in [-0.3, -0.25) is 0 Å². The van der Waals surface area contributed by atoms with Crippen molar-refractivity contribution in [1.82, 2.24) is 10.3 Å². The Morgan fingerprint density at radius 3 is 2.59 bits per heavy atom. The fourth-order valence-electron chi connectivity index (χ4n) is 2.44. The molecule has 0 atom stereocenters. The summed E-state index contributed by atoms with van der Waals surface area (Å²) < 4.78 is 0. The van der Waals surface area contributed by atoms with Gasteiger partial charge in [-0.1, -0.05) is 6.07 Å². The summed E-state index contributed by atoms with van der Waals surface area (Å²) in [5.41, 5.74) is 0. The molecule has 1 N–H and O–H groups in total. The molecule has 1 heterocycles. The van der Waals surface area contributed by atoms with Crippen molar-refractivity contribution in [2.45, 2.75) is 36.8 Å². The average molecular weight is 248 g/mol. The molecule has 92 valence electrons. The molecule has 0 amide bonds. The first kappa shape index (κ1) is 11.5. The van der Waals surface area contributed by atoms with Crippen molar-refractivity contribution in [3.63, 3.8) is 0 Å². The van der Waals surface area contributed by atoms with Crippen LogP contribution in [-0.4, -0.2) is 23.3 Å². The Labute approximate surface area is 108 Å². The summed E-state index contributed by atoms with van der Waals surface area (Å²) in [5.74, 6) is 3.14. The molecule has 0 radical (unpaired) electrons. The van der Waals surface area contributed by atoms with Crippen molar-refractivity contribution in [3.8, 4) is 0 Å². The zero-order chi connectivity index (χ0) is 11.5. The first-order valence-corrected chi connectivity index (χ1v) is 7.69. The molecule has 2 aliphatic rings. The monoisotopic (exact) mass is 248 g/mol. The van der Waals surface area contributed by atoms with Gasteiger partial charge in [0.15, 0.2) is 0 Å². The van der Waals surface area contributed by atoms with Crippen LogP contribution in [0.15, 0.2) is 29.4 Å². The van der Waals surface area contributed by atoms with Gasteiger partial charge in [0.25, 0.3) is 0 Å². The minimum atomic E-state index is 0.833. The fourth-order valence-corrected chi connectivity index (χ4v) is 3.18. The van der Waals surface area contributed by atoms with Crippen molar-refractivity contribution in [1.29, 1.82) is 0 Å². The van der Waals surface area contributed by atoms with E-state index in [0.717, 1.165) is 35.2 Å². The molecular weight excluding hydrogens is 228 g/mol. The number of hydrogen-bond acceptors (Lipinski definition) is 3. The first-order valence-electron chi connectivity index (χ1n) is 6.71. The van der Waals surface area contributed by atoms with E-state index in [2.05, 4.69) is 22.4 Å². The Morgan fingerprint density at radius 1 is 1.24 bits per heavy atom. The number of aromatic nitrogens is 1. The molecule has 0 aromatic carbocycles. The van der Waals surface area contributed by atoms with Gasteiger partial charge in [-0.15, -0.1) is 11.8 Å². The molecule has 1 aromatic heterocycles. The first-order chi connectivity index (χ1) is 8.43. The fraction of sp³-hybridized carbons (Fsp3) is 0.643. The average Bonchev–Trinajstić information content (AvgIpc) is 3.24. The lowest BCUT2D eigenvalue weighted by molar-refractivity contribution is 0.429. The highest BCUT2D eigenvalue weighted by atomic mass is 32.2. The number of pyridine rings is 1. The van der Waals surface area contributed by atoms with E-state index >= 15 is 0 Å². The van der Waals surface area contributed by atoms with E-state index in [9.17, 15) is 0 Å². The van der Waals surface area contributed by atoms with Crippen molar-refractivity contribution in [2.75, 3.05) is 12.3 Å². The highest BCUT2D eigenvalue weighted by molar-refractivity contribution is 7.99. The minimum absolute atomic E-state index is 0.833. The number of nitrogens with one attached hydrogen (secondary N) is 1. The quantitative estimate of drug-likeness (QED) is 0.593. The third kappa shape index (κ3) is 3.46. The second-order valence-electron chi connectivity index (χ2n) is 5.17. The molecule has 0 bridgehead atoms. The molecule has 1 aromatic rings. The van der Waals surface area contributed by atoms with Crippen LogP contribution >= 0.6 is 11.8 Å². The van der Waals surface area contributed by atoms with Crippen LogP contribution < -0.4 is 5.32 Å². The highest BCUT2D eigenvalue weighted by Gasteiger charge is 2.40. The second-order valence-corrected chi connectivity index (χ2v) is 6.29. The SMILES string of the molecule is c1ccc(SCCNC(C2CC2)C2CC2)nc1. The third-order valence-corrected chi connectivity index (χ3v) is 4.58. The Bertz CT molecular complexity index is 334. The van der Waals surface area contributed by atoms with E-state index < -0.39 is 0 Å². The number of rotatable bonds is 7. The summed E-state index contributed by atoms with van der Waals surface area (Å²) in [6, 6.07) is 6.95. The van der Waals surface area contributed by atoms with Crippen molar-refractivity contribution >= 4 is 11.8 Å². The van der Waals surface area contributed by atoms with Crippen LogP contribution in [0, 0.1) is 11.8 Å². The zero-order valence-corrected chi connectivity index (χ0v) is 11.0. The maximum atomic E-state index is 4.33. The molecule has 0 aliphatic heterocycles. The summed E-state index contributed by atoms with van der Waals surface area (Å²) in [6.45, 7) is 1.12. The van der Waals surface area contributed by atoms with Gasteiger partial charge >= 0.3 is 0 Å². The predicted octanol–water partition coefficient (Wildman–Crippen LogP) is 2.95. The van der Waals surface area contributed by atoms with Crippen molar-refractivity contribution < 1.29 is 0 Å². The van der Waals surface area contributed by atoms with Gasteiger partial charge in [0, 0.05) is 24.5 Å². The van der Waals surface area contributed by atoms with E-state index in [1.807, 2.05) is 24.0 Å². The summed E-state index contributed by atoms with van der Waals surface area (Å²) in [4.78, 5) is 4.33. The Hall–Kier alpha value is -0.540. The number of thioether (sulfide) groups is 1. The van der Waals surface area contributed by atoms with E-state index in [-0.39, 0.29) is 0 Å². The topological polar surface area (TPSA) is 24.9 Å². The molecule has 3 rings (SSSR count). The van der Waals surface area contributed by atoms with Gasteiger partial charge in [-0.25, -0.2) is 4.98 Å². The molecule has 2 fully saturated rings. The summed E-state index contributed by atoms with van der Waals surface area (Å²) >= 11 is 1.85. The van der Waals surface area contributed by atoms with Crippen LogP contribution in [0.1, 0.15) is 25.7 Å². The molecule has 0 saturated heterocycles. The lowest BCUT2D eigenvalue weighted by atomic mass is 10.1. The number of nitrogens with zero attached hydrogens (tertiary/aromatic N) is 1. The number of hydrogen-bond donors (Lipinski definition) is 1. The summed E-state index contributed by atoms with van der Waals surface area (Å²) in [5, 5.41) is 4.91. The van der Waals surface area contributed by atoms with Crippen molar-refractivity contribution in [3.05, 3.63) is 24.4 Å². The van der Waals surface area contributed by atoms with Crippen LogP contribution in [0.3, 0.4) is 0 Å². The molecule has 0 spiro atoms. The van der Waals surface area contributed by atoms with E-state index in [1.54, 1.807) is 0 Å². The van der Waals surface area contributed by atoms with Crippen LogP contribution in [0.4, 0.5) is 0 Å². The zero-order valence-electron chi connectivity index (χ0n) is 10.1. The predicted molar refractivity (Wildman–Crippen MR) is 72.2 cm³/mol. The van der Waals surface area contributed by atoms with E-state index in [1.165, 1.54) is 25.7 Å². The second kappa shape index (κ2) is 5.40. The third-order valence-electron chi connectivity index (χ3n) is 3.63. The van der Waals surface area contributed by atoms with Crippen LogP contribution in [0.5, 0.6) is 0 Å². The molecule has 0 unspecified atom stereocenters.